The molecule has 0 atom stereocenters. The van der Waals surface area contributed by atoms with Gasteiger partial charge in [-0.15, -0.1) is 0 Å². The number of morpholine rings is 1. The van der Waals surface area contributed by atoms with Gasteiger partial charge in [-0.3, -0.25) is 9.59 Å². The lowest BCUT2D eigenvalue weighted by atomic mass is 10.1. The van der Waals surface area contributed by atoms with Crippen molar-refractivity contribution < 1.29 is 32.2 Å². The molecule has 0 spiro atoms. The van der Waals surface area contributed by atoms with Crippen molar-refractivity contribution in [2.75, 3.05) is 45.3 Å². The third-order valence-corrected chi connectivity index (χ3v) is 6.49. The minimum absolute atomic E-state index is 0.0184. The van der Waals surface area contributed by atoms with Crippen molar-refractivity contribution in [2.45, 2.75) is 11.3 Å². The Morgan fingerprint density at radius 3 is 2.48 bits per heavy atom. The Morgan fingerprint density at radius 2 is 1.81 bits per heavy atom. The maximum Gasteiger partial charge on any atom is 0.310 e. The molecule has 166 valence electrons. The number of amides is 1. The summed E-state index contributed by atoms with van der Waals surface area (Å²) in [4.78, 5) is 24.2. The van der Waals surface area contributed by atoms with E-state index in [1.165, 1.54) is 16.4 Å². The van der Waals surface area contributed by atoms with Gasteiger partial charge in [-0.25, -0.2) is 8.42 Å². The Kier molecular flexibility index (Phi) is 7.61. The topological polar surface area (TPSA) is 111 Å². The molecule has 0 saturated carbocycles. The van der Waals surface area contributed by atoms with Crippen LogP contribution in [0.3, 0.4) is 0 Å². The van der Waals surface area contributed by atoms with Gasteiger partial charge >= 0.3 is 5.97 Å². The molecular formula is C21H24N2O7S. The molecule has 0 aliphatic carbocycles. The second-order valence-corrected chi connectivity index (χ2v) is 8.72. The number of hydrogen-bond donors (Lipinski definition) is 1. The van der Waals surface area contributed by atoms with E-state index in [0.29, 0.717) is 24.7 Å². The Labute approximate surface area is 181 Å². The van der Waals surface area contributed by atoms with Gasteiger partial charge < -0.3 is 19.5 Å². The van der Waals surface area contributed by atoms with E-state index in [1.54, 1.807) is 43.5 Å². The minimum atomic E-state index is -3.68. The van der Waals surface area contributed by atoms with E-state index >= 15 is 0 Å². The molecule has 1 fully saturated rings. The molecule has 3 rings (SSSR count). The van der Waals surface area contributed by atoms with Crippen LogP contribution < -0.4 is 10.1 Å². The summed E-state index contributed by atoms with van der Waals surface area (Å²) in [5, 5.41) is 2.55. The summed E-state index contributed by atoms with van der Waals surface area (Å²) >= 11 is 0. The summed E-state index contributed by atoms with van der Waals surface area (Å²) in [5.74, 6) is -0.442. The minimum Gasteiger partial charge on any atom is -0.497 e. The maximum absolute atomic E-state index is 12.7. The van der Waals surface area contributed by atoms with Crippen LogP contribution in [0.5, 0.6) is 5.75 Å². The van der Waals surface area contributed by atoms with Gasteiger partial charge in [-0.1, -0.05) is 18.2 Å². The zero-order valence-corrected chi connectivity index (χ0v) is 17.9. The number of methoxy groups -OCH3 is 1. The SMILES string of the molecule is COc1ccc(CC(=O)OCC(=O)Nc2cccc(S(=O)(=O)N3CCOCC3)c2)cc1. The van der Waals surface area contributed by atoms with Crippen molar-refractivity contribution >= 4 is 27.6 Å². The molecule has 1 aliphatic heterocycles. The Balaban J connectivity index is 1.53. The van der Waals surface area contributed by atoms with Crippen LogP contribution in [0, 0.1) is 0 Å². The van der Waals surface area contributed by atoms with Crippen molar-refractivity contribution in [1.82, 2.24) is 4.31 Å². The zero-order valence-electron chi connectivity index (χ0n) is 17.1. The smallest absolute Gasteiger partial charge is 0.310 e. The standard InChI is InChI=1S/C21H24N2O7S/c1-28-18-7-5-16(6-8-18)13-21(25)30-15-20(24)22-17-3-2-4-19(14-17)31(26,27)23-9-11-29-12-10-23/h2-8,14H,9-13,15H2,1H3,(H,22,24). The molecule has 1 heterocycles. The Bertz CT molecular complexity index is 1020. The first-order valence-electron chi connectivity index (χ1n) is 9.65. The van der Waals surface area contributed by atoms with E-state index in [2.05, 4.69) is 5.32 Å². The quantitative estimate of drug-likeness (QED) is 0.608. The van der Waals surface area contributed by atoms with E-state index in [0.717, 1.165) is 5.56 Å². The van der Waals surface area contributed by atoms with Crippen molar-refractivity contribution in [2.24, 2.45) is 0 Å². The van der Waals surface area contributed by atoms with Gasteiger partial charge in [0.1, 0.15) is 5.75 Å². The van der Waals surface area contributed by atoms with Crippen LogP contribution in [0.15, 0.2) is 53.4 Å². The first kappa shape index (κ1) is 22.7. The van der Waals surface area contributed by atoms with Gasteiger partial charge in [0.25, 0.3) is 5.91 Å². The number of rotatable bonds is 8. The average Bonchev–Trinajstić information content (AvgIpc) is 2.79. The molecule has 31 heavy (non-hydrogen) atoms. The Morgan fingerprint density at radius 1 is 1.10 bits per heavy atom. The number of carbonyl (C=O) groups excluding carboxylic acids is 2. The largest absolute Gasteiger partial charge is 0.497 e. The van der Waals surface area contributed by atoms with Crippen LogP contribution in [0.2, 0.25) is 0 Å². The Hall–Kier alpha value is -2.95. The lowest BCUT2D eigenvalue weighted by Crippen LogP contribution is -2.40. The fourth-order valence-electron chi connectivity index (χ4n) is 2.97. The van der Waals surface area contributed by atoms with E-state index < -0.39 is 28.5 Å². The summed E-state index contributed by atoms with van der Waals surface area (Å²) in [6.45, 7) is 0.774. The van der Waals surface area contributed by atoms with Gasteiger partial charge in [-0.2, -0.15) is 4.31 Å². The number of nitrogens with one attached hydrogen (secondary N) is 1. The predicted molar refractivity (Wildman–Crippen MR) is 112 cm³/mol. The van der Waals surface area contributed by atoms with Crippen LogP contribution >= 0.6 is 0 Å². The van der Waals surface area contributed by atoms with E-state index in [1.807, 2.05) is 0 Å². The summed E-state index contributed by atoms with van der Waals surface area (Å²) in [5.41, 5.74) is 1.03. The second-order valence-electron chi connectivity index (χ2n) is 6.78. The number of sulfonamides is 1. The summed E-state index contributed by atoms with van der Waals surface area (Å²) in [7, 11) is -2.13. The normalized spacial score (nSPS) is 14.6. The van der Waals surface area contributed by atoms with E-state index in [4.69, 9.17) is 14.2 Å². The fourth-order valence-corrected chi connectivity index (χ4v) is 4.43. The molecule has 2 aromatic rings. The number of benzene rings is 2. The van der Waals surface area contributed by atoms with Crippen molar-refractivity contribution in [3.05, 3.63) is 54.1 Å². The lowest BCUT2D eigenvalue weighted by molar-refractivity contribution is -0.146. The molecule has 0 unspecified atom stereocenters. The third-order valence-electron chi connectivity index (χ3n) is 4.60. The lowest BCUT2D eigenvalue weighted by Gasteiger charge is -2.26. The number of ether oxygens (including phenoxy) is 3. The number of anilines is 1. The number of hydrogen-bond acceptors (Lipinski definition) is 7. The van der Waals surface area contributed by atoms with Crippen molar-refractivity contribution in [1.29, 1.82) is 0 Å². The maximum atomic E-state index is 12.7. The van der Waals surface area contributed by atoms with Crippen LogP contribution in [-0.2, 0) is 35.5 Å². The van der Waals surface area contributed by atoms with Crippen LogP contribution in [0.1, 0.15) is 5.56 Å². The molecular weight excluding hydrogens is 424 g/mol. The molecule has 0 bridgehead atoms. The summed E-state index contributed by atoms with van der Waals surface area (Å²) < 4.78 is 42.1. The fraction of sp³-hybridized carbons (Fsp3) is 0.333. The van der Waals surface area contributed by atoms with Gasteiger partial charge in [0.2, 0.25) is 10.0 Å². The molecule has 1 saturated heterocycles. The molecule has 2 aromatic carbocycles. The predicted octanol–water partition coefficient (Wildman–Crippen LogP) is 1.44. The van der Waals surface area contributed by atoms with E-state index in [-0.39, 0.29) is 24.4 Å². The van der Waals surface area contributed by atoms with E-state index in [9.17, 15) is 18.0 Å². The molecule has 1 amide bonds. The van der Waals surface area contributed by atoms with Crippen molar-refractivity contribution in [3.63, 3.8) is 0 Å². The second kappa shape index (κ2) is 10.4. The first-order chi connectivity index (χ1) is 14.9. The monoisotopic (exact) mass is 448 g/mol. The highest BCUT2D eigenvalue weighted by Crippen LogP contribution is 2.20. The molecule has 10 heteroatoms. The van der Waals surface area contributed by atoms with Gasteiger partial charge in [0.15, 0.2) is 6.61 Å². The summed E-state index contributed by atoms with van der Waals surface area (Å²) in [6.07, 6.45) is 0.0184. The number of carbonyl (C=O) groups is 2. The molecule has 0 aromatic heterocycles. The highest BCUT2D eigenvalue weighted by Gasteiger charge is 2.26. The molecule has 1 aliphatic rings. The number of nitrogens with zero attached hydrogens (tertiary/aromatic N) is 1. The highest BCUT2D eigenvalue weighted by molar-refractivity contribution is 7.89. The molecule has 9 nitrogen and oxygen atoms in total. The third kappa shape index (κ3) is 6.27. The van der Waals surface area contributed by atoms with Crippen LogP contribution in [0.25, 0.3) is 0 Å². The van der Waals surface area contributed by atoms with Gasteiger partial charge in [0.05, 0.1) is 31.6 Å². The average molecular weight is 448 g/mol. The zero-order chi connectivity index (χ0) is 22.3. The van der Waals surface area contributed by atoms with Crippen molar-refractivity contribution in [3.8, 4) is 5.75 Å². The van der Waals surface area contributed by atoms with Crippen LogP contribution in [-0.4, -0.2) is 64.6 Å². The number of esters is 1. The summed E-state index contributed by atoms with van der Waals surface area (Å²) in [6, 6.07) is 12.9. The first-order valence-corrected chi connectivity index (χ1v) is 11.1. The molecule has 0 radical (unpaired) electrons. The van der Waals surface area contributed by atoms with Gasteiger partial charge in [-0.05, 0) is 35.9 Å². The van der Waals surface area contributed by atoms with Crippen LogP contribution in [0.4, 0.5) is 5.69 Å². The molecule has 1 N–H and O–H groups in total. The van der Waals surface area contributed by atoms with Gasteiger partial charge in [0, 0.05) is 18.8 Å². The highest BCUT2D eigenvalue weighted by atomic mass is 32.2.